The quantitative estimate of drug-likeness (QED) is 0.613. The fourth-order valence-electron chi connectivity index (χ4n) is 1.99. The van der Waals surface area contributed by atoms with Gasteiger partial charge >= 0.3 is 0 Å². The van der Waals surface area contributed by atoms with Crippen molar-refractivity contribution in [2.24, 2.45) is 0 Å². The van der Waals surface area contributed by atoms with Gasteiger partial charge < -0.3 is 0 Å². The van der Waals surface area contributed by atoms with Crippen molar-refractivity contribution < 1.29 is 18.3 Å². The first-order valence-electron chi connectivity index (χ1n) is 5.96. The highest BCUT2D eigenvalue weighted by molar-refractivity contribution is 7.90. The lowest BCUT2D eigenvalue weighted by atomic mass is 10.0. The SMILES string of the molecule is CS(=O)(=O)c1[c]ccc([N+](=O)[O-])c1-c1ccc([N+](=O)[O-])cc1Cl. The number of benzene rings is 2. The standard InChI is InChI=1S/C13H8ClN2O6S/c1-23(21,22)12-4-2-3-11(16(19)20)13(12)9-6-5-8(15(17)18)7-10(9)14/h2-3,5-7H,1H3. The molecule has 0 bridgehead atoms. The Morgan fingerprint density at radius 2 is 1.78 bits per heavy atom. The minimum Gasteiger partial charge on any atom is -0.258 e. The van der Waals surface area contributed by atoms with Crippen molar-refractivity contribution in [3.63, 3.8) is 0 Å². The molecule has 23 heavy (non-hydrogen) atoms. The number of rotatable bonds is 4. The van der Waals surface area contributed by atoms with E-state index in [4.69, 9.17) is 11.6 Å². The Balaban J connectivity index is 2.86. The van der Waals surface area contributed by atoms with Crippen molar-refractivity contribution >= 4 is 32.8 Å². The third kappa shape index (κ3) is 3.30. The predicted octanol–water partition coefficient (Wildman–Crippen LogP) is 3.03. The summed E-state index contributed by atoms with van der Waals surface area (Å²) in [7, 11) is -3.83. The molecule has 2 rings (SSSR count). The summed E-state index contributed by atoms with van der Waals surface area (Å²) in [5.74, 6) is 0. The monoisotopic (exact) mass is 355 g/mol. The number of nitro benzene ring substituents is 2. The van der Waals surface area contributed by atoms with Gasteiger partial charge in [0.15, 0.2) is 9.84 Å². The first-order chi connectivity index (χ1) is 10.6. The highest BCUT2D eigenvalue weighted by Crippen LogP contribution is 2.40. The maximum Gasteiger partial charge on any atom is 0.278 e. The predicted molar refractivity (Wildman–Crippen MR) is 82.1 cm³/mol. The summed E-state index contributed by atoms with van der Waals surface area (Å²) in [6.07, 6.45) is 0.880. The van der Waals surface area contributed by atoms with Crippen molar-refractivity contribution in [3.8, 4) is 11.1 Å². The van der Waals surface area contributed by atoms with E-state index < -0.39 is 30.3 Å². The number of hydrogen-bond donors (Lipinski definition) is 0. The first-order valence-corrected chi connectivity index (χ1v) is 8.23. The van der Waals surface area contributed by atoms with Crippen molar-refractivity contribution in [1.82, 2.24) is 0 Å². The Labute approximate surface area is 135 Å². The number of halogens is 1. The Morgan fingerprint density at radius 1 is 1.13 bits per heavy atom. The summed E-state index contributed by atoms with van der Waals surface area (Å²) < 4.78 is 23.8. The minimum absolute atomic E-state index is 0.00115. The molecule has 0 atom stereocenters. The molecule has 0 unspecified atom stereocenters. The van der Waals surface area contributed by atoms with Gasteiger partial charge in [-0.15, -0.1) is 0 Å². The topological polar surface area (TPSA) is 120 Å². The molecule has 0 heterocycles. The van der Waals surface area contributed by atoms with E-state index in [9.17, 15) is 28.6 Å². The first kappa shape index (κ1) is 16.8. The summed E-state index contributed by atoms with van der Waals surface area (Å²) in [5.41, 5.74) is -1.05. The van der Waals surface area contributed by atoms with Crippen LogP contribution in [0, 0.1) is 26.3 Å². The van der Waals surface area contributed by atoms with Crippen LogP contribution >= 0.6 is 11.6 Å². The van der Waals surface area contributed by atoms with Crippen molar-refractivity contribution in [1.29, 1.82) is 0 Å². The average molecular weight is 356 g/mol. The Bertz CT molecular complexity index is 926. The molecule has 0 spiro atoms. The molecule has 0 fully saturated rings. The second-order valence-corrected chi connectivity index (χ2v) is 6.88. The average Bonchev–Trinajstić information content (AvgIpc) is 2.45. The Kier molecular flexibility index (Phi) is 4.35. The lowest BCUT2D eigenvalue weighted by Gasteiger charge is -2.10. The zero-order chi connectivity index (χ0) is 17.4. The molecule has 0 saturated carbocycles. The van der Waals surface area contributed by atoms with Crippen LogP contribution in [0.5, 0.6) is 0 Å². The van der Waals surface area contributed by atoms with E-state index in [0.717, 1.165) is 30.5 Å². The maximum absolute atomic E-state index is 11.9. The fourth-order valence-corrected chi connectivity index (χ4v) is 3.13. The summed E-state index contributed by atoms with van der Waals surface area (Å²) in [6.45, 7) is 0. The van der Waals surface area contributed by atoms with Crippen LogP contribution in [0.25, 0.3) is 11.1 Å². The lowest BCUT2D eigenvalue weighted by molar-refractivity contribution is -0.385. The van der Waals surface area contributed by atoms with Crippen LogP contribution in [-0.4, -0.2) is 24.5 Å². The minimum atomic E-state index is -3.83. The van der Waals surface area contributed by atoms with E-state index in [0.29, 0.717) is 0 Å². The van der Waals surface area contributed by atoms with Crippen LogP contribution in [0.15, 0.2) is 35.2 Å². The third-order valence-electron chi connectivity index (χ3n) is 2.94. The van der Waals surface area contributed by atoms with Crippen molar-refractivity contribution in [2.45, 2.75) is 4.90 Å². The van der Waals surface area contributed by atoms with Gasteiger partial charge in [0.2, 0.25) is 0 Å². The lowest BCUT2D eigenvalue weighted by Crippen LogP contribution is -2.04. The molecule has 0 aliphatic heterocycles. The molecule has 2 aromatic rings. The van der Waals surface area contributed by atoms with Gasteiger partial charge in [0.05, 0.1) is 25.3 Å². The van der Waals surface area contributed by atoms with Crippen LogP contribution in [0.1, 0.15) is 0 Å². The number of nitrogens with zero attached hydrogens (tertiary/aromatic N) is 2. The molecule has 8 nitrogen and oxygen atoms in total. The van der Waals surface area contributed by atoms with Crippen LogP contribution in [0.2, 0.25) is 5.02 Å². The van der Waals surface area contributed by atoms with Crippen LogP contribution < -0.4 is 0 Å². The second-order valence-electron chi connectivity index (χ2n) is 4.52. The Hall–Kier alpha value is -2.52. The molecular weight excluding hydrogens is 348 g/mol. The summed E-state index contributed by atoms with van der Waals surface area (Å²) in [4.78, 5) is 20.1. The van der Waals surface area contributed by atoms with E-state index in [-0.39, 0.29) is 21.8 Å². The normalized spacial score (nSPS) is 11.2. The van der Waals surface area contributed by atoms with Gasteiger partial charge in [0.25, 0.3) is 11.4 Å². The van der Waals surface area contributed by atoms with E-state index in [1.165, 1.54) is 6.07 Å². The molecule has 10 heteroatoms. The van der Waals surface area contributed by atoms with Crippen LogP contribution in [-0.2, 0) is 9.84 Å². The van der Waals surface area contributed by atoms with E-state index in [1.54, 1.807) is 0 Å². The molecule has 0 aliphatic rings. The van der Waals surface area contributed by atoms with E-state index >= 15 is 0 Å². The van der Waals surface area contributed by atoms with E-state index in [1.807, 2.05) is 0 Å². The highest BCUT2D eigenvalue weighted by atomic mass is 35.5. The molecule has 0 N–H and O–H groups in total. The summed E-state index contributed by atoms with van der Waals surface area (Å²) >= 11 is 5.97. The molecule has 1 radical (unpaired) electrons. The molecule has 119 valence electrons. The fraction of sp³-hybridized carbons (Fsp3) is 0.0769. The van der Waals surface area contributed by atoms with Crippen molar-refractivity contribution in [3.05, 3.63) is 61.6 Å². The van der Waals surface area contributed by atoms with Gasteiger partial charge in [-0.1, -0.05) is 11.6 Å². The highest BCUT2D eigenvalue weighted by Gasteiger charge is 2.26. The molecular formula is C13H8ClN2O6S. The molecule has 0 aliphatic carbocycles. The van der Waals surface area contributed by atoms with Gasteiger partial charge in [-0.25, -0.2) is 8.42 Å². The number of non-ortho nitro benzene ring substituents is 1. The summed E-state index contributed by atoms with van der Waals surface area (Å²) in [5, 5.41) is 21.8. The Morgan fingerprint density at radius 3 is 2.26 bits per heavy atom. The largest absolute Gasteiger partial charge is 0.278 e. The van der Waals surface area contributed by atoms with Crippen LogP contribution in [0.3, 0.4) is 0 Å². The van der Waals surface area contributed by atoms with Gasteiger partial charge in [-0.2, -0.15) is 0 Å². The van der Waals surface area contributed by atoms with Gasteiger partial charge in [0.1, 0.15) is 0 Å². The molecule has 2 aromatic carbocycles. The van der Waals surface area contributed by atoms with Gasteiger partial charge in [0, 0.05) is 36.1 Å². The zero-order valence-electron chi connectivity index (χ0n) is 11.5. The van der Waals surface area contributed by atoms with Gasteiger partial charge in [-0.05, 0) is 12.1 Å². The number of hydrogen-bond acceptors (Lipinski definition) is 6. The third-order valence-corrected chi connectivity index (χ3v) is 4.32. The van der Waals surface area contributed by atoms with Crippen molar-refractivity contribution in [2.75, 3.05) is 6.26 Å². The smallest absolute Gasteiger partial charge is 0.258 e. The number of sulfone groups is 1. The van der Waals surface area contributed by atoms with Gasteiger partial charge in [-0.3, -0.25) is 20.2 Å². The maximum atomic E-state index is 11.9. The van der Waals surface area contributed by atoms with E-state index in [2.05, 4.69) is 6.07 Å². The number of nitro groups is 2. The zero-order valence-corrected chi connectivity index (χ0v) is 13.1. The second kappa shape index (κ2) is 5.94. The van der Waals surface area contributed by atoms with Crippen LogP contribution in [0.4, 0.5) is 11.4 Å². The summed E-state index contributed by atoms with van der Waals surface area (Å²) in [6, 6.07) is 7.92. The molecule has 0 amide bonds. The molecule has 0 aromatic heterocycles. The molecule has 0 saturated heterocycles.